The molecular weight excluding hydrogens is 390 g/mol. The lowest BCUT2D eigenvalue weighted by Gasteiger charge is -2.07. The van der Waals surface area contributed by atoms with Gasteiger partial charge in [0.1, 0.15) is 5.82 Å². The van der Waals surface area contributed by atoms with Gasteiger partial charge in [0.2, 0.25) is 0 Å². The molecule has 0 aliphatic heterocycles. The molecule has 2 aromatic rings. The fraction of sp³-hybridized carbons (Fsp3) is 0.0714. The van der Waals surface area contributed by atoms with Crippen LogP contribution in [0, 0.1) is 19.5 Å². The number of nitro benzene ring substituents is 1. The number of benzene rings is 2. The van der Waals surface area contributed by atoms with Crippen molar-refractivity contribution >= 4 is 34.2 Å². The van der Waals surface area contributed by atoms with Crippen LogP contribution in [0.4, 0.5) is 10.1 Å². The van der Waals surface area contributed by atoms with E-state index in [9.17, 15) is 19.3 Å². The molecule has 0 unspecified atom stereocenters. The molecule has 1 N–H and O–H groups in total. The molecule has 0 fully saturated rings. The molecular formula is C14H10FIN2O3. The van der Waals surface area contributed by atoms with E-state index in [1.54, 1.807) is 18.2 Å². The number of halogens is 2. The number of para-hydroxylation sites is 1. The predicted octanol–water partition coefficient (Wildman–Crippen LogP) is 3.27. The summed E-state index contributed by atoms with van der Waals surface area (Å²) < 4.78 is 13.5. The van der Waals surface area contributed by atoms with Gasteiger partial charge in [-0.05, 0) is 40.8 Å². The molecule has 0 heterocycles. The minimum atomic E-state index is -0.497. The Balaban J connectivity index is 2.13. The summed E-state index contributed by atoms with van der Waals surface area (Å²) in [6.45, 7) is 0.0312. The van der Waals surface area contributed by atoms with E-state index in [-0.39, 0.29) is 12.2 Å². The van der Waals surface area contributed by atoms with Gasteiger partial charge in [-0.25, -0.2) is 4.39 Å². The monoisotopic (exact) mass is 400 g/mol. The summed E-state index contributed by atoms with van der Waals surface area (Å²) in [6.07, 6.45) is 0. The summed E-state index contributed by atoms with van der Waals surface area (Å²) >= 11 is 1.86. The summed E-state index contributed by atoms with van der Waals surface area (Å²) in [4.78, 5) is 22.4. The van der Waals surface area contributed by atoms with Crippen LogP contribution in [0.15, 0.2) is 42.5 Å². The maximum atomic E-state index is 13.0. The van der Waals surface area contributed by atoms with Gasteiger partial charge in [-0.1, -0.05) is 18.2 Å². The standard InChI is InChI=1S/C14H10FIN2O3/c15-10-5-6-11(12(16)7-10)14(19)17-8-9-3-1-2-4-13(9)18(20)21/h1-7H,8H2,(H,17,19). The van der Waals surface area contributed by atoms with E-state index >= 15 is 0 Å². The molecule has 2 aromatic carbocycles. The van der Waals surface area contributed by atoms with Gasteiger partial charge in [0.15, 0.2) is 0 Å². The maximum Gasteiger partial charge on any atom is 0.274 e. The van der Waals surface area contributed by atoms with Crippen molar-refractivity contribution in [3.05, 3.63) is 73.1 Å². The fourth-order valence-electron chi connectivity index (χ4n) is 1.78. The number of nitro groups is 1. The third kappa shape index (κ3) is 3.75. The second kappa shape index (κ2) is 6.61. The maximum absolute atomic E-state index is 13.0. The summed E-state index contributed by atoms with van der Waals surface area (Å²) in [5.41, 5.74) is 0.690. The molecule has 0 saturated carbocycles. The van der Waals surface area contributed by atoms with Crippen LogP contribution in [0.25, 0.3) is 0 Å². The average molecular weight is 400 g/mol. The van der Waals surface area contributed by atoms with Crippen molar-refractivity contribution in [1.29, 1.82) is 0 Å². The molecule has 0 spiro atoms. The largest absolute Gasteiger partial charge is 0.348 e. The highest BCUT2D eigenvalue weighted by molar-refractivity contribution is 14.1. The van der Waals surface area contributed by atoms with Crippen LogP contribution in [0.1, 0.15) is 15.9 Å². The molecule has 21 heavy (non-hydrogen) atoms. The molecule has 5 nitrogen and oxygen atoms in total. The highest BCUT2D eigenvalue weighted by atomic mass is 127. The lowest BCUT2D eigenvalue weighted by atomic mass is 10.1. The quantitative estimate of drug-likeness (QED) is 0.487. The van der Waals surface area contributed by atoms with Gasteiger partial charge in [-0.15, -0.1) is 0 Å². The molecule has 0 atom stereocenters. The van der Waals surface area contributed by atoms with Gasteiger partial charge in [-0.3, -0.25) is 14.9 Å². The van der Waals surface area contributed by atoms with E-state index < -0.39 is 16.6 Å². The van der Waals surface area contributed by atoms with Gasteiger partial charge in [-0.2, -0.15) is 0 Å². The first kappa shape index (κ1) is 15.4. The number of hydrogen-bond acceptors (Lipinski definition) is 3. The van der Waals surface area contributed by atoms with Gasteiger partial charge >= 0.3 is 0 Å². The van der Waals surface area contributed by atoms with Crippen molar-refractivity contribution in [3.8, 4) is 0 Å². The van der Waals surface area contributed by atoms with Crippen LogP contribution in [0.5, 0.6) is 0 Å². The predicted molar refractivity (Wildman–Crippen MR) is 83.4 cm³/mol. The number of amides is 1. The first-order chi connectivity index (χ1) is 9.99. The Morgan fingerprint density at radius 1 is 1.29 bits per heavy atom. The number of nitrogens with zero attached hydrogens (tertiary/aromatic N) is 1. The van der Waals surface area contributed by atoms with E-state index in [0.29, 0.717) is 14.7 Å². The van der Waals surface area contributed by atoms with Crippen molar-refractivity contribution in [2.24, 2.45) is 0 Å². The molecule has 2 rings (SSSR count). The number of carbonyl (C=O) groups is 1. The zero-order chi connectivity index (χ0) is 15.4. The van der Waals surface area contributed by atoms with E-state index in [2.05, 4.69) is 5.32 Å². The van der Waals surface area contributed by atoms with Crippen LogP contribution in [-0.4, -0.2) is 10.8 Å². The molecule has 0 bridgehead atoms. The van der Waals surface area contributed by atoms with Crippen LogP contribution in [0.2, 0.25) is 0 Å². The van der Waals surface area contributed by atoms with Crippen LogP contribution >= 0.6 is 22.6 Å². The average Bonchev–Trinajstić information content (AvgIpc) is 2.45. The van der Waals surface area contributed by atoms with Crippen molar-refractivity contribution in [2.75, 3.05) is 0 Å². The molecule has 0 saturated heterocycles. The molecule has 7 heteroatoms. The summed E-state index contributed by atoms with van der Waals surface area (Å²) in [7, 11) is 0. The summed E-state index contributed by atoms with van der Waals surface area (Å²) in [5.74, 6) is -0.827. The second-order valence-corrected chi connectivity index (χ2v) is 5.35. The van der Waals surface area contributed by atoms with E-state index in [0.717, 1.165) is 0 Å². The lowest BCUT2D eigenvalue weighted by molar-refractivity contribution is -0.385. The Kier molecular flexibility index (Phi) is 4.84. The highest BCUT2D eigenvalue weighted by Gasteiger charge is 2.15. The highest BCUT2D eigenvalue weighted by Crippen LogP contribution is 2.18. The van der Waals surface area contributed by atoms with Gasteiger partial charge in [0, 0.05) is 21.7 Å². The minimum Gasteiger partial charge on any atom is -0.348 e. The van der Waals surface area contributed by atoms with Crippen molar-refractivity contribution < 1.29 is 14.1 Å². The molecule has 1 amide bonds. The minimum absolute atomic E-state index is 0.0312. The first-order valence-electron chi connectivity index (χ1n) is 5.94. The Morgan fingerprint density at radius 3 is 2.67 bits per heavy atom. The number of hydrogen-bond donors (Lipinski definition) is 1. The van der Waals surface area contributed by atoms with Crippen LogP contribution in [-0.2, 0) is 6.54 Å². The third-order valence-corrected chi connectivity index (χ3v) is 3.70. The smallest absolute Gasteiger partial charge is 0.274 e. The van der Waals surface area contributed by atoms with E-state index in [1.165, 1.54) is 24.3 Å². The van der Waals surface area contributed by atoms with E-state index in [1.807, 2.05) is 22.6 Å². The Bertz CT molecular complexity index is 706. The fourth-order valence-corrected chi connectivity index (χ4v) is 2.51. The SMILES string of the molecule is O=C(NCc1ccccc1[N+](=O)[O-])c1ccc(F)cc1I. The second-order valence-electron chi connectivity index (χ2n) is 4.19. The first-order valence-corrected chi connectivity index (χ1v) is 7.02. The van der Waals surface area contributed by atoms with Gasteiger partial charge in [0.05, 0.1) is 10.5 Å². The molecule has 0 radical (unpaired) electrons. The number of carbonyl (C=O) groups excluding carboxylic acids is 1. The molecule has 108 valence electrons. The third-order valence-electron chi connectivity index (χ3n) is 2.80. The van der Waals surface area contributed by atoms with Crippen molar-refractivity contribution in [3.63, 3.8) is 0 Å². The lowest BCUT2D eigenvalue weighted by Crippen LogP contribution is -2.24. The van der Waals surface area contributed by atoms with Crippen LogP contribution in [0.3, 0.4) is 0 Å². The Labute approximate surface area is 133 Å². The molecule has 0 aliphatic carbocycles. The molecule has 0 aliphatic rings. The normalized spacial score (nSPS) is 10.2. The van der Waals surface area contributed by atoms with Gasteiger partial charge < -0.3 is 5.32 Å². The van der Waals surface area contributed by atoms with Crippen molar-refractivity contribution in [2.45, 2.75) is 6.54 Å². The number of nitrogens with one attached hydrogen (secondary N) is 1. The summed E-state index contributed by atoms with van der Waals surface area (Å²) in [5, 5.41) is 13.5. The number of rotatable bonds is 4. The van der Waals surface area contributed by atoms with Gasteiger partial charge in [0.25, 0.3) is 11.6 Å². The molecule has 0 aromatic heterocycles. The van der Waals surface area contributed by atoms with Crippen LogP contribution < -0.4 is 5.32 Å². The van der Waals surface area contributed by atoms with E-state index in [4.69, 9.17) is 0 Å². The Hall–Kier alpha value is -2.03. The van der Waals surface area contributed by atoms with Crippen molar-refractivity contribution in [1.82, 2.24) is 5.32 Å². The zero-order valence-corrected chi connectivity index (χ0v) is 12.8. The zero-order valence-electron chi connectivity index (χ0n) is 10.7. The Morgan fingerprint density at radius 2 is 2.00 bits per heavy atom. The topological polar surface area (TPSA) is 72.2 Å². The summed E-state index contributed by atoms with van der Waals surface area (Å²) in [6, 6.07) is 10.0.